The first kappa shape index (κ1) is 9.86. The van der Waals surface area contributed by atoms with E-state index in [-0.39, 0.29) is 0 Å². The van der Waals surface area contributed by atoms with E-state index in [0.29, 0.717) is 6.54 Å². The van der Waals surface area contributed by atoms with Crippen LogP contribution in [0.1, 0.15) is 0 Å². The summed E-state index contributed by atoms with van der Waals surface area (Å²) in [5.74, 6) is 0. The van der Waals surface area contributed by atoms with Gasteiger partial charge >= 0.3 is 0 Å². The molecule has 15 heavy (non-hydrogen) atoms. The van der Waals surface area contributed by atoms with Crippen molar-refractivity contribution in [1.29, 1.82) is 0 Å². The van der Waals surface area contributed by atoms with Crippen LogP contribution < -0.4 is 5.32 Å². The van der Waals surface area contributed by atoms with E-state index in [9.17, 15) is 0 Å². The van der Waals surface area contributed by atoms with Gasteiger partial charge in [0.05, 0.1) is 0 Å². The Kier molecular flexibility index (Phi) is 3.09. The summed E-state index contributed by atoms with van der Waals surface area (Å²) in [6, 6.07) is 10.0. The van der Waals surface area contributed by atoms with Crippen LogP contribution in [0.3, 0.4) is 0 Å². The third-order valence-corrected chi connectivity index (χ3v) is 2.77. The molecular weight excluding hydrogens is 206 g/mol. The molecule has 0 spiro atoms. The second-order valence-electron chi connectivity index (χ2n) is 2.95. The van der Waals surface area contributed by atoms with Gasteiger partial charge in [-0.25, -0.2) is 0 Å². The molecule has 0 radical (unpaired) electrons. The fraction of sp³-hybridized carbons (Fsp3) is 0.0909. The van der Waals surface area contributed by atoms with E-state index in [0.717, 1.165) is 15.7 Å². The summed E-state index contributed by atoms with van der Waals surface area (Å²) >= 11 is 1.54. The van der Waals surface area contributed by atoms with Gasteiger partial charge in [0.2, 0.25) is 5.13 Å². The molecule has 0 aliphatic carbocycles. The predicted molar refractivity (Wildman–Crippen MR) is 64.0 cm³/mol. The molecule has 0 saturated heterocycles. The van der Waals surface area contributed by atoms with E-state index in [1.807, 2.05) is 30.3 Å². The lowest BCUT2D eigenvalue weighted by Gasteiger charge is -1.93. The van der Waals surface area contributed by atoms with E-state index in [1.54, 1.807) is 17.4 Å². The van der Waals surface area contributed by atoms with Gasteiger partial charge in [-0.15, -0.1) is 16.8 Å². The average molecular weight is 217 g/mol. The second kappa shape index (κ2) is 4.70. The first-order chi connectivity index (χ1) is 7.40. The molecule has 1 heterocycles. The van der Waals surface area contributed by atoms with E-state index in [2.05, 4.69) is 22.1 Å². The molecule has 1 N–H and O–H groups in total. The molecule has 4 heteroatoms. The first-order valence-corrected chi connectivity index (χ1v) is 5.45. The van der Waals surface area contributed by atoms with Crippen molar-refractivity contribution in [2.75, 3.05) is 11.9 Å². The summed E-state index contributed by atoms with van der Waals surface area (Å²) < 4.78 is 0. The maximum atomic E-state index is 4.11. The Labute approximate surface area is 92.5 Å². The van der Waals surface area contributed by atoms with Crippen LogP contribution in [-0.4, -0.2) is 16.7 Å². The fourth-order valence-corrected chi connectivity index (χ4v) is 1.91. The highest BCUT2D eigenvalue weighted by Gasteiger charge is 2.04. The molecule has 76 valence electrons. The summed E-state index contributed by atoms with van der Waals surface area (Å²) in [6.45, 7) is 4.35. The lowest BCUT2D eigenvalue weighted by molar-refractivity contribution is 1.08. The zero-order valence-electron chi connectivity index (χ0n) is 8.18. The van der Waals surface area contributed by atoms with Crippen LogP contribution in [-0.2, 0) is 0 Å². The highest BCUT2D eigenvalue weighted by Crippen LogP contribution is 2.25. The predicted octanol–water partition coefficient (Wildman–Crippen LogP) is 2.80. The Balaban J connectivity index is 2.17. The normalized spacial score (nSPS) is 9.87. The molecule has 0 atom stereocenters. The number of rotatable bonds is 4. The molecule has 2 rings (SSSR count). The van der Waals surface area contributed by atoms with E-state index >= 15 is 0 Å². The van der Waals surface area contributed by atoms with Crippen molar-refractivity contribution < 1.29 is 0 Å². The monoisotopic (exact) mass is 217 g/mol. The minimum absolute atomic E-state index is 0.712. The Bertz CT molecular complexity index is 436. The number of aromatic nitrogens is 2. The van der Waals surface area contributed by atoms with Gasteiger partial charge in [-0.3, -0.25) is 0 Å². The molecule has 0 unspecified atom stereocenters. The fourth-order valence-electron chi connectivity index (χ4n) is 1.15. The van der Waals surface area contributed by atoms with Crippen LogP contribution in [0.5, 0.6) is 0 Å². The zero-order valence-corrected chi connectivity index (χ0v) is 9.00. The molecule has 3 nitrogen and oxygen atoms in total. The van der Waals surface area contributed by atoms with E-state index < -0.39 is 0 Å². The van der Waals surface area contributed by atoms with Gasteiger partial charge < -0.3 is 5.32 Å². The van der Waals surface area contributed by atoms with Gasteiger partial charge in [0.25, 0.3) is 0 Å². The van der Waals surface area contributed by atoms with Crippen molar-refractivity contribution >= 4 is 16.5 Å². The van der Waals surface area contributed by atoms with Crippen molar-refractivity contribution in [3.05, 3.63) is 43.0 Å². The van der Waals surface area contributed by atoms with Gasteiger partial charge in [0.15, 0.2) is 0 Å². The molecule has 1 aromatic carbocycles. The molecule has 0 bridgehead atoms. The van der Waals surface area contributed by atoms with Crippen molar-refractivity contribution in [1.82, 2.24) is 10.2 Å². The Morgan fingerprint density at radius 2 is 2.07 bits per heavy atom. The van der Waals surface area contributed by atoms with Crippen LogP contribution in [0, 0.1) is 0 Å². The first-order valence-electron chi connectivity index (χ1n) is 4.64. The molecule has 1 aromatic heterocycles. The summed E-state index contributed by atoms with van der Waals surface area (Å²) in [4.78, 5) is 0. The van der Waals surface area contributed by atoms with Crippen molar-refractivity contribution in [2.45, 2.75) is 0 Å². The quantitative estimate of drug-likeness (QED) is 0.800. The molecule has 0 aliphatic heterocycles. The van der Waals surface area contributed by atoms with Crippen LogP contribution in [0.25, 0.3) is 10.6 Å². The van der Waals surface area contributed by atoms with Crippen LogP contribution >= 0.6 is 11.3 Å². The highest BCUT2D eigenvalue weighted by atomic mass is 32.1. The SMILES string of the molecule is C=CCNc1nnc(-c2ccccc2)s1. The van der Waals surface area contributed by atoms with Crippen LogP contribution in [0.4, 0.5) is 5.13 Å². The molecule has 2 aromatic rings. The largest absolute Gasteiger partial charge is 0.357 e. The number of nitrogens with zero attached hydrogens (tertiary/aromatic N) is 2. The van der Waals surface area contributed by atoms with Gasteiger partial charge in [0, 0.05) is 12.1 Å². The molecular formula is C11H11N3S. The van der Waals surface area contributed by atoms with E-state index in [1.165, 1.54) is 0 Å². The summed E-state index contributed by atoms with van der Waals surface area (Å²) in [5, 5.41) is 13.0. The maximum Gasteiger partial charge on any atom is 0.206 e. The van der Waals surface area contributed by atoms with Crippen molar-refractivity contribution in [2.24, 2.45) is 0 Å². The van der Waals surface area contributed by atoms with Gasteiger partial charge in [-0.05, 0) is 0 Å². The van der Waals surface area contributed by atoms with E-state index in [4.69, 9.17) is 0 Å². The number of nitrogens with one attached hydrogen (secondary N) is 1. The number of benzene rings is 1. The molecule has 0 amide bonds. The number of hydrogen-bond donors (Lipinski definition) is 1. The zero-order chi connectivity index (χ0) is 10.5. The van der Waals surface area contributed by atoms with Gasteiger partial charge in [0.1, 0.15) is 5.01 Å². The average Bonchev–Trinajstić information content (AvgIpc) is 2.76. The second-order valence-corrected chi connectivity index (χ2v) is 3.93. The third-order valence-electron chi connectivity index (χ3n) is 1.84. The minimum Gasteiger partial charge on any atom is -0.357 e. The molecule has 0 saturated carbocycles. The summed E-state index contributed by atoms with van der Waals surface area (Å²) in [6.07, 6.45) is 1.80. The molecule has 0 fully saturated rings. The van der Waals surface area contributed by atoms with Gasteiger partial charge in [-0.2, -0.15) is 0 Å². The lowest BCUT2D eigenvalue weighted by Crippen LogP contribution is -1.96. The standard InChI is InChI=1S/C11H11N3S/c1-2-8-12-11-14-13-10(15-11)9-6-4-3-5-7-9/h2-7H,1,8H2,(H,12,14). The summed E-state index contributed by atoms with van der Waals surface area (Å²) in [5.41, 5.74) is 1.10. The Hall–Kier alpha value is -1.68. The third kappa shape index (κ3) is 2.41. The van der Waals surface area contributed by atoms with Crippen LogP contribution in [0.15, 0.2) is 43.0 Å². The topological polar surface area (TPSA) is 37.8 Å². The maximum absolute atomic E-state index is 4.11. The summed E-state index contributed by atoms with van der Waals surface area (Å²) in [7, 11) is 0. The molecule has 0 aliphatic rings. The smallest absolute Gasteiger partial charge is 0.206 e. The Morgan fingerprint density at radius 3 is 2.80 bits per heavy atom. The van der Waals surface area contributed by atoms with Crippen molar-refractivity contribution in [3.63, 3.8) is 0 Å². The lowest BCUT2D eigenvalue weighted by atomic mass is 10.2. The number of anilines is 1. The number of hydrogen-bond acceptors (Lipinski definition) is 4. The van der Waals surface area contributed by atoms with Gasteiger partial charge in [-0.1, -0.05) is 47.7 Å². The van der Waals surface area contributed by atoms with Crippen molar-refractivity contribution in [3.8, 4) is 10.6 Å². The highest BCUT2D eigenvalue weighted by molar-refractivity contribution is 7.18. The Morgan fingerprint density at radius 1 is 1.27 bits per heavy atom. The minimum atomic E-state index is 0.712. The van der Waals surface area contributed by atoms with Crippen LogP contribution in [0.2, 0.25) is 0 Å².